The highest BCUT2D eigenvalue weighted by molar-refractivity contribution is 7.89. The van der Waals surface area contributed by atoms with Crippen molar-refractivity contribution in [2.24, 2.45) is 5.92 Å². The molecule has 4 rings (SSSR count). The van der Waals surface area contributed by atoms with Crippen LogP contribution in [0.2, 0.25) is 0 Å². The molecule has 1 aliphatic heterocycles. The van der Waals surface area contributed by atoms with E-state index in [9.17, 15) is 13.2 Å². The molecule has 3 aromatic rings. The van der Waals surface area contributed by atoms with Gasteiger partial charge in [-0.2, -0.15) is 4.31 Å². The number of nitrogens with zero attached hydrogens (tertiary/aromatic N) is 1. The molecule has 0 aliphatic carbocycles. The second-order valence-corrected chi connectivity index (χ2v) is 9.85. The first kappa shape index (κ1) is 20.6. The minimum atomic E-state index is -3.64. The number of hydrogen-bond donors (Lipinski definition) is 1. The van der Waals surface area contributed by atoms with E-state index in [2.05, 4.69) is 5.32 Å². The summed E-state index contributed by atoms with van der Waals surface area (Å²) in [6.45, 7) is 3.13. The number of sulfonamides is 1. The first-order valence-electron chi connectivity index (χ1n) is 10.3. The van der Waals surface area contributed by atoms with Crippen molar-refractivity contribution in [3.8, 4) is 0 Å². The van der Waals surface area contributed by atoms with Gasteiger partial charge in [0, 0.05) is 19.6 Å². The van der Waals surface area contributed by atoms with Gasteiger partial charge in [0.2, 0.25) is 15.9 Å². The molecule has 0 aromatic heterocycles. The van der Waals surface area contributed by atoms with Crippen molar-refractivity contribution in [1.82, 2.24) is 9.62 Å². The maximum Gasteiger partial charge on any atom is 0.243 e. The third-order valence-electron chi connectivity index (χ3n) is 5.70. The molecule has 30 heavy (non-hydrogen) atoms. The number of hydrogen-bond acceptors (Lipinski definition) is 3. The van der Waals surface area contributed by atoms with Crippen LogP contribution in [0, 0.1) is 12.8 Å². The Bertz CT molecular complexity index is 1160. The zero-order valence-corrected chi connectivity index (χ0v) is 17.9. The number of piperidine rings is 1. The molecule has 1 atom stereocenters. The number of nitrogens with one attached hydrogen (secondary N) is 1. The molecule has 1 aliphatic rings. The Balaban J connectivity index is 1.45. The monoisotopic (exact) mass is 422 g/mol. The van der Waals surface area contributed by atoms with Crippen LogP contribution in [0.3, 0.4) is 0 Å². The Hall–Kier alpha value is -2.70. The van der Waals surface area contributed by atoms with E-state index in [4.69, 9.17) is 0 Å². The van der Waals surface area contributed by atoms with Gasteiger partial charge in [-0.1, -0.05) is 60.2 Å². The molecule has 3 aromatic carbocycles. The lowest BCUT2D eigenvalue weighted by atomic mass is 9.98. The highest BCUT2D eigenvalue weighted by Crippen LogP contribution is 2.26. The zero-order valence-electron chi connectivity index (χ0n) is 17.0. The van der Waals surface area contributed by atoms with Gasteiger partial charge in [-0.15, -0.1) is 0 Å². The molecule has 0 spiro atoms. The maximum atomic E-state index is 13.2. The number of amides is 1. The molecule has 1 fully saturated rings. The summed E-state index contributed by atoms with van der Waals surface area (Å²) in [5, 5.41) is 4.86. The van der Waals surface area contributed by atoms with Crippen molar-refractivity contribution in [2.45, 2.75) is 31.2 Å². The molecule has 1 N–H and O–H groups in total. The molecule has 0 saturated carbocycles. The van der Waals surface area contributed by atoms with Crippen molar-refractivity contribution >= 4 is 26.7 Å². The van der Waals surface area contributed by atoms with Crippen molar-refractivity contribution < 1.29 is 13.2 Å². The highest BCUT2D eigenvalue weighted by Gasteiger charge is 2.33. The van der Waals surface area contributed by atoms with E-state index in [1.807, 2.05) is 61.5 Å². The predicted octanol–water partition coefficient (Wildman–Crippen LogP) is 3.87. The predicted molar refractivity (Wildman–Crippen MR) is 118 cm³/mol. The van der Waals surface area contributed by atoms with Crippen molar-refractivity contribution in [3.63, 3.8) is 0 Å². The van der Waals surface area contributed by atoms with Gasteiger partial charge < -0.3 is 5.32 Å². The van der Waals surface area contributed by atoms with Crippen molar-refractivity contribution in [2.75, 3.05) is 13.1 Å². The lowest BCUT2D eigenvalue weighted by Gasteiger charge is -2.31. The second kappa shape index (κ2) is 8.58. The Morgan fingerprint density at radius 3 is 2.53 bits per heavy atom. The van der Waals surface area contributed by atoms with Gasteiger partial charge in [-0.25, -0.2) is 8.42 Å². The van der Waals surface area contributed by atoms with Crippen LogP contribution in [0.1, 0.15) is 24.0 Å². The van der Waals surface area contributed by atoms with Gasteiger partial charge in [0.05, 0.1) is 10.8 Å². The standard InChI is InChI=1S/C24H26N2O3S/c1-18-8-10-19(11-9-18)16-25-24(27)22-7-4-14-26(17-22)30(28,29)23-13-12-20-5-2-3-6-21(20)15-23/h2-3,5-6,8-13,15,22H,4,7,14,16-17H2,1H3,(H,25,27)/t22-/m0/s1. The Labute approximate surface area is 177 Å². The highest BCUT2D eigenvalue weighted by atomic mass is 32.2. The molecule has 5 nitrogen and oxygen atoms in total. The average molecular weight is 423 g/mol. The van der Waals surface area contributed by atoms with E-state index in [0.29, 0.717) is 25.9 Å². The van der Waals surface area contributed by atoms with Crippen LogP contribution in [-0.2, 0) is 21.4 Å². The average Bonchev–Trinajstić information content (AvgIpc) is 2.78. The van der Waals surface area contributed by atoms with Crippen molar-refractivity contribution in [1.29, 1.82) is 0 Å². The topological polar surface area (TPSA) is 66.5 Å². The number of benzene rings is 3. The van der Waals surface area contributed by atoms with Crippen LogP contribution in [0.15, 0.2) is 71.6 Å². The fourth-order valence-corrected chi connectivity index (χ4v) is 5.45. The molecule has 6 heteroatoms. The third kappa shape index (κ3) is 4.40. The number of carbonyl (C=O) groups is 1. The van der Waals surface area contributed by atoms with Crippen molar-refractivity contribution in [3.05, 3.63) is 77.9 Å². The Morgan fingerprint density at radius 1 is 1.03 bits per heavy atom. The van der Waals surface area contributed by atoms with Crippen LogP contribution in [0.25, 0.3) is 10.8 Å². The lowest BCUT2D eigenvalue weighted by Crippen LogP contribution is -2.45. The maximum absolute atomic E-state index is 13.2. The number of aryl methyl sites for hydroxylation is 1. The van der Waals surface area contributed by atoms with E-state index in [1.165, 1.54) is 9.87 Å². The largest absolute Gasteiger partial charge is 0.352 e. The smallest absolute Gasteiger partial charge is 0.243 e. The SMILES string of the molecule is Cc1ccc(CNC(=O)[C@H]2CCCN(S(=O)(=O)c3ccc4ccccc4c3)C2)cc1. The van der Waals surface area contributed by atoms with Gasteiger partial charge in [-0.05, 0) is 48.2 Å². The van der Waals surface area contributed by atoms with Crippen LogP contribution < -0.4 is 5.32 Å². The lowest BCUT2D eigenvalue weighted by molar-refractivity contribution is -0.126. The number of fused-ring (bicyclic) bond motifs is 1. The molecule has 1 heterocycles. The van der Waals surface area contributed by atoms with Gasteiger partial charge in [-0.3, -0.25) is 4.79 Å². The Morgan fingerprint density at radius 2 is 1.77 bits per heavy atom. The van der Waals surface area contributed by atoms with Gasteiger partial charge >= 0.3 is 0 Å². The van der Waals surface area contributed by atoms with Crippen LogP contribution in [-0.4, -0.2) is 31.7 Å². The molecule has 1 saturated heterocycles. The van der Waals surface area contributed by atoms with E-state index in [1.54, 1.807) is 12.1 Å². The summed E-state index contributed by atoms with van der Waals surface area (Å²) >= 11 is 0. The molecule has 0 bridgehead atoms. The van der Waals surface area contributed by atoms with E-state index >= 15 is 0 Å². The summed E-state index contributed by atoms with van der Waals surface area (Å²) in [6, 6.07) is 20.9. The summed E-state index contributed by atoms with van der Waals surface area (Å²) in [5.41, 5.74) is 2.21. The van der Waals surface area contributed by atoms with Gasteiger partial charge in [0.1, 0.15) is 0 Å². The van der Waals surface area contributed by atoms with E-state index in [0.717, 1.165) is 16.3 Å². The van der Waals surface area contributed by atoms with Crippen LogP contribution in [0.4, 0.5) is 0 Å². The first-order valence-corrected chi connectivity index (χ1v) is 11.7. The summed E-state index contributed by atoms with van der Waals surface area (Å²) in [4.78, 5) is 13.0. The summed E-state index contributed by atoms with van der Waals surface area (Å²) in [6.07, 6.45) is 1.37. The minimum absolute atomic E-state index is 0.0889. The molecule has 1 amide bonds. The van der Waals surface area contributed by atoms with E-state index < -0.39 is 10.0 Å². The zero-order chi connectivity index (χ0) is 21.1. The summed E-state index contributed by atoms with van der Waals surface area (Å²) in [5.74, 6) is -0.423. The molecule has 0 unspecified atom stereocenters. The van der Waals surface area contributed by atoms with Crippen LogP contribution >= 0.6 is 0 Å². The summed E-state index contributed by atoms with van der Waals surface area (Å²) in [7, 11) is -3.64. The normalized spacial score (nSPS) is 17.7. The van der Waals surface area contributed by atoms with Crippen LogP contribution in [0.5, 0.6) is 0 Å². The quantitative estimate of drug-likeness (QED) is 0.679. The van der Waals surface area contributed by atoms with Gasteiger partial charge in [0.15, 0.2) is 0 Å². The first-order chi connectivity index (χ1) is 14.4. The Kier molecular flexibility index (Phi) is 5.88. The second-order valence-electron chi connectivity index (χ2n) is 7.91. The number of carbonyl (C=O) groups excluding carboxylic acids is 1. The molecular formula is C24H26N2O3S. The molecule has 156 valence electrons. The minimum Gasteiger partial charge on any atom is -0.352 e. The van der Waals surface area contributed by atoms with E-state index in [-0.39, 0.29) is 23.3 Å². The molecule has 0 radical (unpaired) electrons. The summed E-state index contributed by atoms with van der Waals surface area (Å²) < 4.78 is 27.9. The number of rotatable bonds is 5. The fraction of sp³-hybridized carbons (Fsp3) is 0.292. The third-order valence-corrected chi connectivity index (χ3v) is 7.56. The van der Waals surface area contributed by atoms with Gasteiger partial charge in [0.25, 0.3) is 0 Å². The molecular weight excluding hydrogens is 396 g/mol. The fourth-order valence-electron chi connectivity index (χ4n) is 3.89.